The van der Waals surface area contributed by atoms with Crippen LogP contribution in [0.2, 0.25) is 0 Å². The fourth-order valence-corrected chi connectivity index (χ4v) is 4.58. The van der Waals surface area contributed by atoms with Crippen molar-refractivity contribution in [1.82, 2.24) is 0 Å². The highest BCUT2D eigenvalue weighted by molar-refractivity contribution is 8.04. The van der Waals surface area contributed by atoms with Crippen LogP contribution in [0.3, 0.4) is 0 Å². The molecule has 0 radical (unpaired) electrons. The van der Waals surface area contributed by atoms with Crippen molar-refractivity contribution in [3.63, 3.8) is 0 Å². The highest BCUT2D eigenvalue weighted by atomic mass is 32.2. The van der Waals surface area contributed by atoms with Gasteiger partial charge in [-0.05, 0) is 17.4 Å². The third-order valence-electron chi connectivity index (χ3n) is 3.59. The average Bonchev–Trinajstić information content (AvgIpc) is 2.52. The van der Waals surface area contributed by atoms with Gasteiger partial charge in [0.25, 0.3) is 0 Å². The molecule has 2 aliphatic rings. The van der Waals surface area contributed by atoms with E-state index >= 15 is 0 Å². The molecular formula is C20H36S. The molecule has 0 fully saturated rings. The van der Waals surface area contributed by atoms with Gasteiger partial charge in [0, 0.05) is 15.1 Å². The molecule has 0 nitrogen and oxygen atoms in total. The van der Waals surface area contributed by atoms with Gasteiger partial charge in [0.15, 0.2) is 0 Å². The third-order valence-corrected chi connectivity index (χ3v) is 4.87. The second-order valence-corrected chi connectivity index (χ2v) is 8.94. The molecule has 0 saturated carbocycles. The summed E-state index contributed by atoms with van der Waals surface area (Å²) in [5.74, 6) is 0. The van der Waals surface area contributed by atoms with Crippen molar-refractivity contribution in [2.24, 2.45) is 10.8 Å². The predicted molar refractivity (Wildman–Crippen MR) is 102 cm³/mol. The van der Waals surface area contributed by atoms with Crippen LogP contribution in [0.5, 0.6) is 0 Å². The Morgan fingerprint density at radius 3 is 1.81 bits per heavy atom. The van der Waals surface area contributed by atoms with E-state index in [9.17, 15) is 0 Å². The Balaban J connectivity index is 0.000000921. The number of rotatable bonds is 0. The van der Waals surface area contributed by atoms with Crippen LogP contribution in [0.1, 0.15) is 75.7 Å². The summed E-state index contributed by atoms with van der Waals surface area (Å²) in [6, 6.07) is 0. The molecule has 0 N–H and O–H groups in total. The number of hydrogen-bond acceptors (Lipinski definition) is 1. The van der Waals surface area contributed by atoms with E-state index in [1.165, 1.54) is 16.9 Å². The fraction of sp³-hybridized carbons (Fsp3) is 0.700. The van der Waals surface area contributed by atoms with Crippen molar-refractivity contribution in [1.29, 1.82) is 0 Å². The molecule has 0 atom stereocenters. The minimum absolute atomic E-state index is 0.179. The molecule has 0 aromatic heterocycles. The standard InChI is InChI=1S/C16H24S.2C2H6/c1-14(2)9-7-12-13(8-10-14)17-16(5,6)11-15(12,3)4;2*1-2/h7-10H,11H2,1-6H3;2*1-2H3. The summed E-state index contributed by atoms with van der Waals surface area (Å²) in [6.45, 7) is 22.0. The van der Waals surface area contributed by atoms with E-state index in [2.05, 4.69) is 65.8 Å². The minimum atomic E-state index is 0.179. The lowest BCUT2D eigenvalue weighted by Crippen LogP contribution is -2.31. The summed E-state index contributed by atoms with van der Waals surface area (Å²) in [4.78, 5) is 1.47. The van der Waals surface area contributed by atoms with E-state index in [1.54, 1.807) is 0 Å². The molecule has 0 amide bonds. The van der Waals surface area contributed by atoms with E-state index in [1.807, 2.05) is 39.5 Å². The van der Waals surface area contributed by atoms with E-state index in [-0.39, 0.29) is 10.8 Å². The van der Waals surface area contributed by atoms with E-state index < -0.39 is 0 Å². The summed E-state index contributed by atoms with van der Waals surface area (Å²) in [5.41, 5.74) is 1.98. The molecule has 1 heterocycles. The van der Waals surface area contributed by atoms with Crippen molar-refractivity contribution < 1.29 is 0 Å². The van der Waals surface area contributed by atoms with Gasteiger partial charge in [-0.15, -0.1) is 11.8 Å². The van der Waals surface area contributed by atoms with E-state index in [0.717, 1.165) is 0 Å². The van der Waals surface area contributed by atoms with Gasteiger partial charge in [-0.3, -0.25) is 0 Å². The van der Waals surface area contributed by atoms with Crippen molar-refractivity contribution in [2.45, 2.75) is 80.4 Å². The third kappa shape index (κ3) is 5.70. The average molecular weight is 309 g/mol. The Labute approximate surface area is 138 Å². The van der Waals surface area contributed by atoms with Crippen LogP contribution in [0, 0.1) is 10.8 Å². The Hall–Kier alpha value is -0.430. The maximum absolute atomic E-state index is 2.38. The summed E-state index contributed by atoms with van der Waals surface area (Å²) in [5, 5.41) is 0. The summed E-state index contributed by atoms with van der Waals surface area (Å²) < 4.78 is 0.342. The number of allylic oxidation sites excluding steroid dienone is 5. The Morgan fingerprint density at radius 2 is 1.29 bits per heavy atom. The number of thioether (sulfide) groups is 1. The molecular weight excluding hydrogens is 272 g/mol. The fourth-order valence-electron chi connectivity index (χ4n) is 2.96. The topological polar surface area (TPSA) is 0 Å². The maximum atomic E-state index is 2.38. The van der Waals surface area contributed by atoms with Crippen molar-refractivity contribution in [3.8, 4) is 0 Å². The van der Waals surface area contributed by atoms with Gasteiger partial charge in [-0.1, -0.05) is 93.5 Å². The zero-order valence-electron chi connectivity index (χ0n) is 15.9. The quantitative estimate of drug-likeness (QED) is 0.449. The van der Waals surface area contributed by atoms with Crippen LogP contribution in [-0.4, -0.2) is 4.75 Å². The normalized spacial score (nSPS) is 23.9. The van der Waals surface area contributed by atoms with Gasteiger partial charge in [0.05, 0.1) is 0 Å². The molecule has 1 aliphatic heterocycles. The lowest BCUT2D eigenvalue weighted by molar-refractivity contribution is 0.366. The first-order valence-corrected chi connectivity index (χ1v) is 9.25. The second-order valence-electron chi connectivity index (χ2n) is 7.19. The highest BCUT2D eigenvalue weighted by Gasteiger charge is 2.38. The Kier molecular flexibility index (Phi) is 7.56. The first kappa shape index (κ1) is 20.6. The molecule has 2 rings (SSSR count). The molecule has 0 bridgehead atoms. The van der Waals surface area contributed by atoms with Gasteiger partial charge in [-0.25, -0.2) is 0 Å². The summed E-state index contributed by atoms with van der Waals surface area (Å²) in [6.07, 6.45) is 10.6. The molecule has 0 saturated heterocycles. The minimum Gasteiger partial charge on any atom is -0.120 e. The monoisotopic (exact) mass is 308 g/mol. The van der Waals surface area contributed by atoms with Crippen molar-refractivity contribution in [2.75, 3.05) is 0 Å². The smallest absolute Gasteiger partial charge is 0.0159 e. The van der Waals surface area contributed by atoms with Gasteiger partial charge < -0.3 is 0 Å². The first-order chi connectivity index (χ1) is 9.61. The van der Waals surface area contributed by atoms with Crippen molar-refractivity contribution in [3.05, 3.63) is 34.8 Å². The van der Waals surface area contributed by atoms with Gasteiger partial charge in [0.1, 0.15) is 0 Å². The number of hydrogen-bond donors (Lipinski definition) is 0. The predicted octanol–water partition coefficient (Wildman–Crippen LogP) is 7.39. The van der Waals surface area contributed by atoms with Crippen LogP contribution in [0.25, 0.3) is 0 Å². The SMILES string of the molecule is CC.CC.CC1(C)C=CC2=C(C=C1)C(C)(C)CC(C)(C)S2. The van der Waals surface area contributed by atoms with Crippen LogP contribution in [-0.2, 0) is 0 Å². The lowest BCUT2D eigenvalue weighted by atomic mass is 9.76. The molecule has 0 aromatic rings. The van der Waals surface area contributed by atoms with Crippen LogP contribution < -0.4 is 0 Å². The van der Waals surface area contributed by atoms with E-state index in [4.69, 9.17) is 0 Å². The van der Waals surface area contributed by atoms with Crippen LogP contribution in [0.4, 0.5) is 0 Å². The van der Waals surface area contributed by atoms with Gasteiger partial charge in [0.2, 0.25) is 0 Å². The lowest BCUT2D eigenvalue weighted by Gasteiger charge is -2.41. The summed E-state index contributed by atoms with van der Waals surface area (Å²) >= 11 is 2.03. The first-order valence-electron chi connectivity index (χ1n) is 8.44. The molecule has 0 unspecified atom stereocenters. The molecule has 21 heavy (non-hydrogen) atoms. The highest BCUT2D eigenvalue weighted by Crippen LogP contribution is 2.53. The van der Waals surface area contributed by atoms with Gasteiger partial charge >= 0.3 is 0 Å². The van der Waals surface area contributed by atoms with Crippen LogP contribution in [0.15, 0.2) is 34.8 Å². The van der Waals surface area contributed by atoms with Gasteiger partial charge in [-0.2, -0.15) is 0 Å². The molecule has 122 valence electrons. The zero-order valence-corrected chi connectivity index (χ0v) is 16.7. The molecule has 1 aliphatic carbocycles. The van der Waals surface area contributed by atoms with Crippen molar-refractivity contribution >= 4 is 11.8 Å². The zero-order chi connectivity index (χ0) is 16.9. The Bertz CT molecular complexity index is 417. The molecule has 0 aromatic carbocycles. The molecule has 1 heteroatoms. The maximum Gasteiger partial charge on any atom is 0.0159 e. The molecule has 0 spiro atoms. The Morgan fingerprint density at radius 1 is 0.810 bits per heavy atom. The van der Waals surface area contributed by atoms with E-state index in [0.29, 0.717) is 4.75 Å². The van der Waals surface area contributed by atoms with Crippen LogP contribution >= 0.6 is 11.8 Å². The largest absolute Gasteiger partial charge is 0.120 e. The summed E-state index contributed by atoms with van der Waals surface area (Å²) in [7, 11) is 0. The second kappa shape index (κ2) is 7.72.